The average Bonchev–Trinajstić information content (AvgIpc) is 2.89. The summed E-state index contributed by atoms with van der Waals surface area (Å²) < 4.78 is 5.69. The minimum Gasteiger partial charge on any atom is -0.492 e. The fourth-order valence-corrected chi connectivity index (χ4v) is 2.80. The number of carbonyl (C=O) groups excluding carboxylic acids is 1. The second-order valence-electron chi connectivity index (χ2n) is 6.25. The first kappa shape index (κ1) is 10.8. The molecular weight excluding hydrogens is 212 g/mol. The molecule has 0 radical (unpaired) electrons. The van der Waals surface area contributed by atoms with Gasteiger partial charge < -0.3 is 9.53 Å². The maximum atomic E-state index is 10.9. The summed E-state index contributed by atoms with van der Waals surface area (Å²) in [5.41, 5.74) is 2.72. The number of hydrogen-bond acceptors (Lipinski definition) is 2. The van der Waals surface area contributed by atoms with Crippen LogP contribution in [0.4, 0.5) is 0 Å². The van der Waals surface area contributed by atoms with Crippen LogP contribution in [0.2, 0.25) is 0 Å². The molecule has 0 bridgehead atoms. The van der Waals surface area contributed by atoms with Crippen LogP contribution in [0.15, 0.2) is 18.2 Å². The van der Waals surface area contributed by atoms with E-state index in [1.54, 1.807) is 0 Å². The van der Waals surface area contributed by atoms with Crippen LogP contribution in [0.25, 0.3) is 0 Å². The SMILES string of the molecule is CC1(C)COc2ccc([C@@]3(C)C[C@@H]3C=O)cc21. The van der Waals surface area contributed by atoms with Crippen molar-refractivity contribution in [1.29, 1.82) is 0 Å². The molecule has 0 unspecified atom stereocenters. The van der Waals surface area contributed by atoms with E-state index in [0.29, 0.717) is 0 Å². The zero-order valence-electron chi connectivity index (χ0n) is 10.6. The van der Waals surface area contributed by atoms with Gasteiger partial charge in [0.05, 0.1) is 6.61 Å². The van der Waals surface area contributed by atoms with E-state index >= 15 is 0 Å². The van der Waals surface area contributed by atoms with Crippen molar-refractivity contribution in [2.75, 3.05) is 6.61 Å². The van der Waals surface area contributed by atoms with Crippen molar-refractivity contribution in [1.82, 2.24) is 0 Å². The first-order valence-corrected chi connectivity index (χ1v) is 6.20. The number of fused-ring (bicyclic) bond motifs is 1. The highest BCUT2D eigenvalue weighted by Gasteiger charge is 2.51. The second kappa shape index (κ2) is 3.12. The van der Waals surface area contributed by atoms with Gasteiger partial charge in [0.1, 0.15) is 12.0 Å². The minimum atomic E-state index is 0.0649. The Bertz CT molecular complexity index is 490. The van der Waals surface area contributed by atoms with Crippen LogP contribution in [-0.2, 0) is 15.6 Å². The highest BCUT2D eigenvalue weighted by atomic mass is 16.5. The van der Waals surface area contributed by atoms with E-state index in [-0.39, 0.29) is 16.7 Å². The van der Waals surface area contributed by atoms with Crippen LogP contribution in [0.3, 0.4) is 0 Å². The molecule has 1 fully saturated rings. The molecule has 0 N–H and O–H groups in total. The van der Waals surface area contributed by atoms with Gasteiger partial charge in [-0.05, 0) is 18.1 Å². The van der Waals surface area contributed by atoms with Crippen LogP contribution in [-0.4, -0.2) is 12.9 Å². The zero-order chi connectivity index (χ0) is 12.3. The molecule has 2 aliphatic rings. The molecule has 1 aliphatic heterocycles. The Morgan fingerprint density at radius 1 is 1.35 bits per heavy atom. The molecule has 2 atom stereocenters. The fourth-order valence-electron chi connectivity index (χ4n) is 2.80. The van der Waals surface area contributed by atoms with Gasteiger partial charge in [-0.25, -0.2) is 0 Å². The Hall–Kier alpha value is -1.31. The smallest absolute Gasteiger partial charge is 0.123 e. The van der Waals surface area contributed by atoms with Crippen LogP contribution < -0.4 is 4.74 Å². The Morgan fingerprint density at radius 3 is 2.76 bits per heavy atom. The van der Waals surface area contributed by atoms with Gasteiger partial charge >= 0.3 is 0 Å². The summed E-state index contributed by atoms with van der Waals surface area (Å²) in [6.45, 7) is 7.33. The third kappa shape index (κ3) is 1.43. The molecular formula is C15H18O2. The predicted molar refractivity (Wildman–Crippen MR) is 66.5 cm³/mol. The van der Waals surface area contributed by atoms with Crippen molar-refractivity contribution in [2.45, 2.75) is 38.0 Å². The molecule has 2 nitrogen and oxygen atoms in total. The van der Waals surface area contributed by atoms with Crippen LogP contribution in [0.1, 0.15) is 38.3 Å². The highest BCUT2D eigenvalue weighted by Crippen LogP contribution is 2.54. The molecule has 0 amide bonds. The maximum Gasteiger partial charge on any atom is 0.123 e. The summed E-state index contributed by atoms with van der Waals surface area (Å²) in [6.07, 6.45) is 2.07. The molecule has 0 saturated heterocycles. The predicted octanol–water partition coefficient (Wildman–Crippen LogP) is 2.83. The molecule has 1 saturated carbocycles. The first-order chi connectivity index (χ1) is 7.97. The van der Waals surface area contributed by atoms with Crippen molar-refractivity contribution in [2.24, 2.45) is 5.92 Å². The van der Waals surface area contributed by atoms with Crippen molar-refractivity contribution in [3.05, 3.63) is 29.3 Å². The molecule has 17 heavy (non-hydrogen) atoms. The van der Waals surface area contributed by atoms with E-state index in [2.05, 4.69) is 39.0 Å². The Labute approximate surface area is 102 Å². The summed E-state index contributed by atoms with van der Waals surface area (Å²) in [5, 5.41) is 0. The zero-order valence-corrected chi connectivity index (χ0v) is 10.6. The summed E-state index contributed by atoms with van der Waals surface area (Å²) >= 11 is 0. The molecule has 1 aromatic carbocycles. The largest absolute Gasteiger partial charge is 0.492 e. The Balaban J connectivity index is 2.03. The normalized spacial score (nSPS) is 32.8. The molecule has 3 rings (SSSR count). The molecule has 0 spiro atoms. The standard InChI is InChI=1S/C15H18O2/c1-14(2)9-17-13-5-4-10(6-12(13)14)15(3)7-11(15)8-16/h4-6,8,11H,7,9H2,1-3H3/t11-,15-/m1/s1. The summed E-state index contributed by atoms with van der Waals surface area (Å²) in [4.78, 5) is 10.9. The lowest BCUT2D eigenvalue weighted by atomic mass is 9.83. The Kier molecular flexibility index (Phi) is 1.99. The molecule has 0 aromatic heterocycles. The fraction of sp³-hybridized carbons (Fsp3) is 0.533. The van der Waals surface area contributed by atoms with E-state index < -0.39 is 0 Å². The van der Waals surface area contributed by atoms with E-state index in [0.717, 1.165) is 25.1 Å². The van der Waals surface area contributed by atoms with Gasteiger partial charge in [-0.15, -0.1) is 0 Å². The van der Waals surface area contributed by atoms with E-state index in [4.69, 9.17) is 4.74 Å². The van der Waals surface area contributed by atoms with Crippen molar-refractivity contribution in [3.63, 3.8) is 0 Å². The Morgan fingerprint density at radius 2 is 2.12 bits per heavy atom. The molecule has 1 aliphatic carbocycles. The van der Waals surface area contributed by atoms with Crippen molar-refractivity contribution >= 4 is 6.29 Å². The van der Waals surface area contributed by atoms with Gasteiger partial charge in [0, 0.05) is 22.3 Å². The lowest BCUT2D eigenvalue weighted by Crippen LogP contribution is -2.18. The second-order valence-corrected chi connectivity index (χ2v) is 6.25. The van der Waals surface area contributed by atoms with E-state index in [1.165, 1.54) is 11.1 Å². The molecule has 90 valence electrons. The summed E-state index contributed by atoms with van der Waals surface area (Å²) in [6, 6.07) is 6.42. The minimum absolute atomic E-state index is 0.0649. The monoisotopic (exact) mass is 230 g/mol. The van der Waals surface area contributed by atoms with Crippen LogP contribution in [0, 0.1) is 5.92 Å². The third-order valence-corrected chi connectivity index (χ3v) is 4.42. The lowest BCUT2D eigenvalue weighted by molar-refractivity contribution is -0.109. The summed E-state index contributed by atoms with van der Waals surface area (Å²) in [5.74, 6) is 1.21. The highest BCUT2D eigenvalue weighted by molar-refractivity contribution is 5.64. The number of benzene rings is 1. The van der Waals surface area contributed by atoms with Gasteiger partial charge in [0.2, 0.25) is 0 Å². The van der Waals surface area contributed by atoms with Gasteiger partial charge in [0.15, 0.2) is 0 Å². The number of aldehydes is 1. The van der Waals surface area contributed by atoms with E-state index in [9.17, 15) is 4.79 Å². The number of carbonyl (C=O) groups is 1. The maximum absolute atomic E-state index is 10.9. The van der Waals surface area contributed by atoms with E-state index in [1.807, 2.05) is 0 Å². The van der Waals surface area contributed by atoms with Gasteiger partial charge in [0.25, 0.3) is 0 Å². The average molecular weight is 230 g/mol. The summed E-state index contributed by atoms with van der Waals surface area (Å²) in [7, 11) is 0. The quantitative estimate of drug-likeness (QED) is 0.730. The first-order valence-electron chi connectivity index (χ1n) is 6.20. The van der Waals surface area contributed by atoms with Crippen LogP contribution >= 0.6 is 0 Å². The lowest BCUT2D eigenvalue weighted by Gasteiger charge is -2.18. The van der Waals surface area contributed by atoms with Crippen LogP contribution in [0.5, 0.6) is 5.75 Å². The van der Waals surface area contributed by atoms with Gasteiger partial charge in [-0.3, -0.25) is 0 Å². The topological polar surface area (TPSA) is 26.3 Å². The number of hydrogen-bond donors (Lipinski definition) is 0. The molecule has 2 heteroatoms. The molecule has 1 heterocycles. The van der Waals surface area contributed by atoms with Gasteiger partial charge in [-0.2, -0.15) is 0 Å². The van der Waals surface area contributed by atoms with Crippen molar-refractivity contribution in [3.8, 4) is 5.75 Å². The third-order valence-electron chi connectivity index (χ3n) is 4.42. The van der Waals surface area contributed by atoms with Gasteiger partial charge in [-0.1, -0.05) is 32.9 Å². The molecule has 1 aromatic rings. The number of rotatable bonds is 2. The van der Waals surface area contributed by atoms with Crippen molar-refractivity contribution < 1.29 is 9.53 Å². The number of ether oxygens (including phenoxy) is 1.